The van der Waals surface area contributed by atoms with Gasteiger partial charge in [0.15, 0.2) is 5.82 Å². The van der Waals surface area contributed by atoms with Crippen LogP contribution in [0.2, 0.25) is 0 Å². The molecule has 2 aromatic rings. The van der Waals surface area contributed by atoms with Crippen molar-refractivity contribution in [3.63, 3.8) is 0 Å². The number of amides is 1. The van der Waals surface area contributed by atoms with Gasteiger partial charge in [0, 0.05) is 37.6 Å². The van der Waals surface area contributed by atoms with Crippen LogP contribution < -0.4 is 14.4 Å². The number of benzene rings is 1. The number of anilines is 1. The van der Waals surface area contributed by atoms with Crippen molar-refractivity contribution >= 4 is 23.3 Å². The van der Waals surface area contributed by atoms with Crippen molar-refractivity contribution in [1.82, 2.24) is 15.1 Å². The Morgan fingerprint density at radius 3 is 2.34 bits per heavy atom. The minimum absolute atomic E-state index is 0.0960. The largest absolute Gasteiger partial charge is 0.497 e. The summed E-state index contributed by atoms with van der Waals surface area (Å²) in [5, 5.41) is 8.79. The van der Waals surface area contributed by atoms with Crippen LogP contribution in [0.4, 0.5) is 5.82 Å². The number of piperazine rings is 1. The Morgan fingerprint density at radius 1 is 1.07 bits per heavy atom. The SMILES string of the molecule is COc1ccc(OC)c(-c2ccc(N3CCN(C(=O)C(C)(C)CCl)CC3)nn2)c1. The Morgan fingerprint density at radius 2 is 1.79 bits per heavy atom. The Kier molecular flexibility index (Phi) is 6.47. The number of carbonyl (C=O) groups excluding carboxylic acids is 1. The molecule has 1 saturated heterocycles. The van der Waals surface area contributed by atoms with E-state index in [2.05, 4.69) is 15.1 Å². The first-order valence-electron chi connectivity index (χ1n) is 9.56. The molecule has 1 aromatic heterocycles. The van der Waals surface area contributed by atoms with Gasteiger partial charge in [-0.1, -0.05) is 0 Å². The number of hydrogen-bond acceptors (Lipinski definition) is 6. The van der Waals surface area contributed by atoms with Crippen molar-refractivity contribution < 1.29 is 14.3 Å². The van der Waals surface area contributed by atoms with E-state index in [4.69, 9.17) is 21.1 Å². The van der Waals surface area contributed by atoms with Crippen LogP contribution in [0.25, 0.3) is 11.3 Å². The predicted molar refractivity (Wildman–Crippen MR) is 114 cm³/mol. The van der Waals surface area contributed by atoms with E-state index in [9.17, 15) is 4.79 Å². The molecule has 1 amide bonds. The molecule has 1 aliphatic rings. The summed E-state index contributed by atoms with van der Waals surface area (Å²) in [5.41, 5.74) is 0.993. The molecule has 7 nitrogen and oxygen atoms in total. The zero-order chi connectivity index (χ0) is 21.0. The first kappa shape index (κ1) is 21.2. The Balaban J connectivity index is 1.70. The van der Waals surface area contributed by atoms with Crippen LogP contribution in [0.5, 0.6) is 11.5 Å². The lowest BCUT2D eigenvalue weighted by atomic mass is 9.94. The van der Waals surface area contributed by atoms with Crippen molar-refractivity contribution in [2.75, 3.05) is 51.2 Å². The molecule has 156 valence electrons. The minimum atomic E-state index is -0.541. The molecule has 8 heteroatoms. The number of nitrogens with zero attached hydrogens (tertiary/aromatic N) is 4. The number of carbonyl (C=O) groups is 1. The van der Waals surface area contributed by atoms with Crippen LogP contribution in [0.15, 0.2) is 30.3 Å². The summed E-state index contributed by atoms with van der Waals surface area (Å²) >= 11 is 5.94. The summed E-state index contributed by atoms with van der Waals surface area (Å²) in [5.74, 6) is 2.64. The van der Waals surface area contributed by atoms with E-state index < -0.39 is 5.41 Å². The summed E-state index contributed by atoms with van der Waals surface area (Å²) in [7, 11) is 3.25. The summed E-state index contributed by atoms with van der Waals surface area (Å²) in [6.45, 7) is 6.47. The van der Waals surface area contributed by atoms with E-state index in [1.165, 1.54) is 0 Å². The maximum absolute atomic E-state index is 12.6. The van der Waals surface area contributed by atoms with E-state index in [1.807, 2.05) is 49.1 Å². The van der Waals surface area contributed by atoms with Gasteiger partial charge in [0.25, 0.3) is 0 Å². The van der Waals surface area contributed by atoms with Gasteiger partial charge in [-0.2, -0.15) is 0 Å². The fraction of sp³-hybridized carbons (Fsp3) is 0.476. The van der Waals surface area contributed by atoms with Gasteiger partial charge in [0.05, 0.1) is 25.3 Å². The van der Waals surface area contributed by atoms with Gasteiger partial charge in [-0.25, -0.2) is 0 Å². The van der Waals surface area contributed by atoms with Gasteiger partial charge < -0.3 is 19.3 Å². The lowest BCUT2D eigenvalue weighted by Gasteiger charge is -2.38. The van der Waals surface area contributed by atoms with Crippen LogP contribution in [-0.4, -0.2) is 67.3 Å². The second-order valence-electron chi connectivity index (χ2n) is 7.64. The zero-order valence-corrected chi connectivity index (χ0v) is 18.1. The van der Waals surface area contributed by atoms with Crippen LogP contribution >= 0.6 is 11.6 Å². The topological polar surface area (TPSA) is 67.8 Å². The number of halogens is 1. The molecular weight excluding hydrogens is 392 g/mol. The maximum atomic E-state index is 12.6. The number of hydrogen-bond donors (Lipinski definition) is 0. The van der Waals surface area contributed by atoms with E-state index in [-0.39, 0.29) is 5.91 Å². The molecule has 0 N–H and O–H groups in total. The average Bonchev–Trinajstić information content (AvgIpc) is 2.78. The molecule has 1 aromatic carbocycles. The number of aromatic nitrogens is 2. The quantitative estimate of drug-likeness (QED) is 0.671. The molecule has 0 spiro atoms. The molecule has 3 rings (SSSR count). The van der Waals surface area contributed by atoms with Gasteiger partial charge in [0.2, 0.25) is 5.91 Å². The van der Waals surface area contributed by atoms with E-state index in [0.717, 1.165) is 17.1 Å². The molecule has 0 atom stereocenters. The van der Waals surface area contributed by atoms with E-state index in [0.29, 0.717) is 43.5 Å². The monoisotopic (exact) mass is 418 g/mol. The zero-order valence-electron chi connectivity index (χ0n) is 17.3. The first-order chi connectivity index (χ1) is 13.9. The van der Waals surface area contributed by atoms with Crippen LogP contribution in [0.3, 0.4) is 0 Å². The normalized spacial score (nSPS) is 14.7. The third-order valence-corrected chi connectivity index (χ3v) is 5.81. The van der Waals surface area contributed by atoms with Crippen molar-refractivity contribution in [3.05, 3.63) is 30.3 Å². The summed E-state index contributed by atoms with van der Waals surface area (Å²) in [6, 6.07) is 9.44. The van der Waals surface area contributed by atoms with E-state index in [1.54, 1.807) is 14.2 Å². The summed E-state index contributed by atoms with van der Waals surface area (Å²) < 4.78 is 10.7. The Bertz CT molecular complexity index is 850. The second kappa shape index (κ2) is 8.86. The molecule has 0 radical (unpaired) electrons. The predicted octanol–water partition coefficient (Wildman–Crippen LogP) is 3.07. The Hall–Kier alpha value is -2.54. The summed E-state index contributed by atoms with van der Waals surface area (Å²) in [6.07, 6.45) is 0. The highest BCUT2D eigenvalue weighted by molar-refractivity contribution is 6.19. The first-order valence-corrected chi connectivity index (χ1v) is 10.1. The van der Waals surface area contributed by atoms with Crippen LogP contribution in [0.1, 0.15) is 13.8 Å². The molecule has 1 fully saturated rings. The highest BCUT2D eigenvalue weighted by Crippen LogP contribution is 2.32. The van der Waals surface area contributed by atoms with Crippen molar-refractivity contribution in [3.8, 4) is 22.8 Å². The molecule has 29 heavy (non-hydrogen) atoms. The van der Waals surface area contributed by atoms with Crippen molar-refractivity contribution in [2.45, 2.75) is 13.8 Å². The van der Waals surface area contributed by atoms with Gasteiger partial charge >= 0.3 is 0 Å². The number of alkyl halides is 1. The number of rotatable bonds is 6. The number of ether oxygens (including phenoxy) is 2. The van der Waals surface area contributed by atoms with E-state index >= 15 is 0 Å². The summed E-state index contributed by atoms with van der Waals surface area (Å²) in [4.78, 5) is 16.6. The Labute approximate surface area is 176 Å². The van der Waals surface area contributed by atoms with Gasteiger partial charge in [-0.15, -0.1) is 21.8 Å². The smallest absolute Gasteiger partial charge is 0.229 e. The van der Waals surface area contributed by atoms with Crippen LogP contribution in [-0.2, 0) is 4.79 Å². The third kappa shape index (κ3) is 4.56. The molecule has 0 aliphatic carbocycles. The number of methoxy groups -OCH3 is 2. The maximum Gasteiger partial charge on any atom is 0.229 e. The van der Waals surface area contributed by atoms with Gasteiger partial charge in [0.1, 0.15) is 11.5 Å². The van der Waals surface area contributed by atoms with Crippen molar-refractivity contribution in [1.29, 1.82) is 0 Å². The minimum Gasteiger partial charge on any atom is -0.497 e. The molecule has 0 saturated carbocycles. The molecule has 2 heterocycles. The van der Waals surface area contributed by atoms with Gasteiger partial charge in [-0.05, 0) is 44.2 Å². The fourth-order valence-electron chi connectivity index (χ4n) is 3.28. The molecule has 0 unspecified atom stereocenters. The molecule has 0 bridgehead atoms. The average molecular weight is 419 g/mol. The lowest BCUT2D eigenvalue weighted by Crippen LogP contribution is -2.52. The highest BCUT2D eigenvalue weighted by Gasteiger charge is 2.33. The third-order valence-electron chi connectivity index (χ3n) is 5.14. The molecular formula is C21H27ClN4O3. The highest BCUT2D eigenvalue weighted by atomic mass is 35.5. The second-order valence-corrected chi connectivity index (χ2v) is 7.91. The molecule has 1 aliphatic heterocycles. The fourth-order valence-corrected chi connectivity index (χ4v) is 3.39. The van der Waals surface area contributed by atoms with Crippen molar-refractivity contribution in [2.24, 2.45) is 5.41 Å². The van der Waals surface area contributed by atoms with Gasteiger partial charge in [-0.3, -0.25) is 4.79 Å². The standard InChI is InChI=1S/C21H27ClN4O3/c1-21(2,14-22)20(27)26-11-9-25(10-12-26)19-8-6-17(23-24-19)16-13-15(28-3)5-7-18(16)29-4/h5-8,13H,9-12,14H2,1-4H3. The lowest BCUT2D eigenvalue weighted by molar-refractivity contribution is -0.139. The van der Waals surface area contributed by atoms with Crippen LogP contribution in [0, 0.1) is 5.41 Å².